The Bertz CT molecular complexity index is 472. The molecular weight excluding hydrogens is 249 g/mol. The lowest BCUT2D eigenvalue weighted by atomic mass is 9.54. The van der Waals surface area contributed by atoms with Crippen molar-refractivity contribution in [3.63, 3.8) is 0 Å². The fourth-order valence-electron chi connectivity index (χ4n) is 4.72. The Balaban J connectivity index is 1.95. The summed E-state index contributed by atoms with van der Waals surface area (Å²) in [6, 6.07) is 7.29. The van der Waals surface area contributed by atoms with Crippen molar-refractivity contribution in [2.75, 3.05) is 13.1 Å². The highest BCUT2D eigenvalue weighted by molar-refractivity contribution is 5.25. The van der Waals surface area contributed by atoms with Crippen LogP contribution in [0, 0.1) is 23.1 Å². The van der Waals surface area contributed by atoms with E-state index in [0.717, 1.165) is 24.9 Å². The van der Waals surface area contributed by atoms with E-state index >= 15 is 0 Å². The van der Waals surface area contributed by atoms with Crippen LogP contribution in [-0.2, 0) is 0 Å². The molecule has 1 nitrogen and oxygen atoms in total. The molecule has 1 aromatic rings. The van der Waals surface area contributed by atoms with Crippen LogP contribution in [0.3, 0.4) is 0 Å². The molecular formula is C18H26FN. The van der Waals surface area contributed by atoms with E-state index in [1.807, 2.05) is 6.07 Å². The summed E-state index contributed by atoms with van der Waals surface area (Å²) in [4.78, 5) is 0. The topological polar surface area (TPSA) is 12.0 Å². The summed E-state index contributed by atoms with van der Waals surface area (Å²) >= 11 is 0. The molecule has 1 heterocycles. The smallest absolute Gasteiger partial charge is 0.123 e. The Kier molecular flexibility index (Phi) is 3.85. The van der Waals surface area contributed by atoms with Crippen molar-refractivity contribution >= 4 is 0 Å². The van der Waals surface area contributed by atoms with Crippen molar-refractivity contribution in [1.29, 1.82) is 0 Å². The third-order valence-electron chi connectivity index (χ3n) is 5.90. The number of hydrogen-bond acceptors (Lipinski definition) is 1. The molecule has 110 valence electrons. The van der Waals surface area contributed by atoms with Crippen LogP contribution in [0.15, 0.2) is 24.3 Å². The molecule has 1 saturated carbocycles. The van der Waals surface area contributed by atoms with E-state index in [0.29, 0.717) is 11.3 Å². The Morgan fingerprint density at radius 3 is 2.85 bits per heavy atom. The number of rotatable bonds is 1. The quantitative estimate of drug-likeness (QED) is 0.803. The lowest BCUT2D eigenvalue weighted by Gasteiger charge is -2.52. The van der Waals surface area contributed by atoms with E-state index in [-0.39, 0.29) is 5.82 Å². The molecule has 0 radical (unpaired) electrons. The summed E-state index contributed by atoms with van der Waals surface area (Å²) in [5.74, 6) is 1.95. The molecule has 0 bridgehead atoms. The molecule has 20 heavy (non-hydrogen) atoms. The van der Waals surface area contributed by atoms with E-state index in [9.17, 15) is 4.39 Å². The van der Waals surface area contributed by atoms with Gasteiger partial charge in [0, 0.05) is 12.5 Å². The zero-order valence-corrected chi connectivity index (χ0v) is 12.7. The van der Waals surface area contributed by atoms with Gasteiger partial charge in [0.1, 0.15) is 5.82 Å². The molecule has 2 heteroatoms. The first-order chi connectivity index (χ1) is 9.62. The minimum Gasteiger partial charge on any atom is -0.316 e. The van der Waals surface area contributed by atoms with Crippen molar-refractivity contribution in [1.82, 2.24) is 5.32 Å². The Hall–Kier alpha value is -0.890. The first-order valence-electron chi connectivity index (χ1n) is 8.08. The van der Waals surface area contributed by atoms with Crippen molar-refractivity contribution in [3.8, 4) is 0 Å². The van der Waals surface area contributed by atoms with Gasteiger partial charge in [-0.3, -0.25) is 0 Å². The van der Waals surface area contributed by atoms with Gasteiger partial charge in [0.05, 0.1) is 0 Å². The van der Waals surface area contributed by atoms with Crippen LogP contribution in [0.4, 0.5) is 4.39 Å². The lowest BCUT2D eigenvalue weighted by Crippen LogP contribution is -2.49. The molecule has 1 aliphatic carbocycles. The van der Waals surface area contributed by atoms with Crippen LogP contribution >= 0.6 is 0 Å². The Morgan fingerprint density at radius 1 is 1.25 bits per heavy atom. The van der Waals surface area contributed by atoms with E-state index in [1.165, 1.54) is 31.2 Å². The second-order valence-electron chi connectivity index (χ2n) is 7.08. The second-order valence-corrected chi connectivity index (χ2v) is 7.08. The number of hydrogen-bond donors (Lipinski definition) is 1. The van der Waals surface area contributed by atoms with Gasteiger partial charge in [-0.05, 0) is 60.8 Å². The minimum atomic E-state index is -0.0972. The molecule has 2 aliphatic rings. The summed E-state index contributed by atoms with van der Waals surface area (Å²) in [5, 5.41) is 3.53. The van der Waals surface area contributed by atoms with Crippen molar-refractivity contribution < 1.29 is 4.39 Å². The van der Waals surface area contributed by atoms with Crippen molar-refractivity contribution in [2.45, 2.75) is 45.4 Å². The van der Waals surface area contributed by atoms with Gasteiger partial charge in [-0.15, -0.1) is 0 Å². The van der Waals surface area contributed by atoms with Gasteiger partial charge >= 0.3 is 0 Å². The molecule has 1 saturated heterocycles. The number of benzene rings is 1. The molecule has 1 aliphatic heterocycles. The van der Waals surface area contributed by atoms with Crippen LogP contribution < -0.4 is 5.32 Å². The maximum absolute atomic E-state index is 13.6. The monoisotopic (exact) mass is 275 g/mol. The third kappa shape index (κ3) is 2.39. The SMILES string of the molecule is CC1CCC2(CCNCC2c2cccc(F)c2)C(C)C1. The molecule has 0 amide bonds. The third-order valence-corrected chi connectivity index (χ3v) is 5.90. The van der Waals surface area contributed by atoms with Gasteiger partial charge in [-0.2, -0.15) is 0 Å². The average molecular weight is 275 g/mol. The lowest BCUT2D eigenvalue weighted by molar-refractivity contribution is 0.0228. The highest BCUT2D eigenvalue weighted by Crippen LogP contribution is 2.55. The minimum absolute atomic E-state index is 0.0972. The highest BCUT2D eigenvalue weighted by atomic mass is 19.1. The van der Waals surface area contributed by atoms with Crippen LogP contribution in [-0.4, -0.2) is 13.1 Å². The van der Waals surface area contributed by atoms with E-state index in [2.05, 4.69) is 25.2 Å². The van der Waals surface area contributed by atoms with Gasteiger partial charge in [0.25, 0.3) is 0 Å². The summed E-state index contributed by atoms with van der Waals surface area (Å²) < 4.78 is 13.6. The number of nitrogens with one attached hydrogen (secondary N) is 1. The van der Waals surface area contributed by atoms with Crippen LogP contribution in [0.25, 0.3) is 0 Å². The van der Waals surface area contributed by atoms with E-state index < -0.39 is 0 Å². The average Bonchev–Trinajstić information content (AvgIpc) is 2.44. The second kappa shape index (κ2) is 5.48. The maximum atomic E-state index is 13.6. The fourth-order valence-corrected chi connectivity index (χ4v) is 4.72. The zero-order valence-electron chi connectivity index (χ0n) is 12.7. The van der Waals surface area contributed by atoms with Crippen LogP contribution in [0.1, 0.15) is 51.0 Å². The molecule has 1 spiro atoms. The van der Waals surface area contributed by atoms with Gasteiger partial charge in [0.15, 0.2) is 0 Å². The molecule has 1 N–H and O–H groups in total. The molecule has 3 rings (SSSR count). The van der Waals surface area contributed by atoms with Crippen molar-refractivity contribution in [3.05, 3.63) is 35.6 Å². The van der Waals surface area contributed by atoms with E-state index in [1.54, 1.807) is 12.1 Å². The van der Waals surface area contributed by atoms with E-state index in [4.69, 9.17) is 0 Å². The Labute approximate surface area is 122 Å². The first-order valence-corrected chi connectivity index (χ1v) is 8.08. The van der Waals surface area contributed by atoms with Gasteiger partial charge in [-0.1, -0.05) is 32.4 Å². The maximum Gasteiger partial charge on any atom is 0.123 e. The Morgan fingerprint density at radius 2 is 2.10 bits per heavy atom. The molecule has 4 atom stereocenters. The zero-order chi connectivity index (χ0) is 14.2. The predicted molar refractivity (Wildman–Crippen MR) is 81.2 cm³/mol. The predicted octanol–water partition coefficient (Wildman–Crippen LogP) is 4.35. The molecule has 4 unspecified atom stereocenters. The summed E-state index contributed by atoms with van der Waals surface area (Å²) in [7, 11) is 0. The molecule has 1 aromatic carbocycles. The molecule has 0 aromatic heterocycles. The number of piperidine rings is 1. The van der Waals surface area contributed by atoms with Crippen LogP contribution in [0.5, 0.6) is 0 Å². The fraction of sp³-hybridized carbons (Fsp3) is 0.667. The van der Waals surface area contributed by atoms with Crippen LogP contribution in [0.2, 0.25) is 0 Å². The van der Waals surface area contributed by atoms with Crippen molar-refractivity contribution in [2.24, 2.45) is 17.3 Å². The van der Waals surface area contributed by atoms with Gasteiger partial charge in [-0.25, -0.2) is 4.39 Å². The largest absolute Gasteiger partial charge is 0.316 e. The molecule has 2 fully saturated rings. The highest BCUT2D eigenvalue weighted by Gasteiger charge is 2.47. The van der Waals surface area contributed by atoms with Gasteiger partial charge < -0.3 is 5.32 Å². The first kappa shape index (κ1) is 14.1. The number of halogens is 1. The van der Waals surface area contributed by atoms with Gasteiger partial charge in [0.2, 0.25) is 0 Å². The summed E-state index contributed by atoms with van der Waals surface area (Å²) in [6.07, 6.45) is 5.20. The summed E-state index contributed by atoms with van der Waals surface area (Å²) in [6.45, 7) is 6.92. The summed E-state index contributed by atoms with van der Waals surface area (Å²) in [5.41, 5.74) is 1.57. The normalized spacial score (nSPS) is 38.0. The standard InChI is InChI=1S/C18H26FN/c1-13-6-7-18(14(2)10-13)8-9-20-12-17(18)15-4-3-5-16(19)11-15/h3-5,11,13-14,17,20H,6-10,12H2,1-2H3.